The lowest BCUT2D eigenvalue weighted by molar-refractivity contribution is -0.137. The zero-order valence-corrected chi connectivity index (χ0v) is 19.4. The van der Waals surface area contributed by atoms with Gasteiger partial charge in [-0.1, -0.05) is 36.9 Å². The van der Waals surface area contributed by atoms with Gasteiger partial charge < -0.3 is 19.7 Å². The Kier molecular flexibility index (Phi) is 5.79. The Balaban J connectivity index is 1.81. The molecule has 33 heavy (non-hydrogen) atoms. The SMILES string of the molecule is COC(=O)c1ccc2c(C3CCCCC3)c(-c3ccc(Cl)c4c3NC4)n(CCC(=O)O)c2c1. The van der Waals surface area contributed by atoms with E-state index < -0.39 is 11.9 Å². The maximum Gasteiger partial charge on any atom is 0.337 e. The lowest BCUT2D eigenvalue weighted by atomic mass is 9.81. The Hall–Kier alpha value is -2.99. The van der Waals surface area contributed by atoms with Crippen LogP contribution in [0.5, 0.6) is 0 Å². The number of nitrogens with zero attached hydrogens (tertiary/aromatic N) is 1. The standard InChI is InChI=1S/C26H27ClN2O4/c1-33-26(32)16-7-8-17-21(13-16)29(12-11-22(30)31)25(23(17)15-5-3-2-4-6-15)18-9-10-20(27)19-14-28-24(18)19/h7-10,13,15,28H,2-6,11-12,14H2,1H3,(H,30,31). The van der Waals surface area contributed by atoms with Crippen molar-refractivity contribution in [3.63, 3.8) is 0 Å². The van der Waals surface area contributed by atoms with Crippen molar-refractivity contribution in [1.82, 2.24) is 4.57 Å². The third-order valence-electron chi connectivity index (χ3n) is 7.04. The number of aryl methyl sites for hydroxylation is 1. The number of halogens is 1. The molecule has 1 saturated carbocycles. The summed E-state index contributed by atoms with van der Waals surface area (Å²) in [7, 11) is 1.37. The van der Waals surface area contributed by atoms with Gasteiger partial charge in [-0.2, -0.15) is 0 Å². The summed E-state index contributed by atoms with van der Waals surface area (Å²) in [5.41, 5.74) is 6.79. The number of carboxylic acids is 1. The highest BCUT2D eigenvalue weighted by Crippen LogP contribution is 2.49. The summed E-state index contributed by atoms with van der Waals surface area (Å²) in [4.78, 5) is 23.8. The van der Waals surface area contributed by atoms with E-state index in [9.17, 15) is 14.7 Å². The number of carboxylic acid groups (broad SMARTS) is 1. The van der Waals surface area contributed by atoms with Crippen LogP contribution in [0.4, 0.5) is 5.69 Å². The minimum atomic E-state index is -0.853. The van der Waals surface area contributed by atoms with Crippen LogP contribution in [0.3, 0.4) is 0 Å². The minimum absolute atomic E-state index is 0.00739. The van der Waals surface area contributed by atoms with Gasteiger partial charge in [-0.15, -0.1) is 0 Å². The van der Waals surface area contributed by atoms with Crippen LogP contribution in [0.2, 0.25) is 5.02 Å². The molecule has 0 atom stereocenters. The molecule has 2 N–H and O–H groups in total. The molecule has 172 valence electrons. The summed E-state index contributed by atoms with van der Waals surface area (Å²) >= 11 is 6.43. The van der Waals surface area contributed by atoms with Crippen molar-refractivity contribution >= 4 is 40.1 Å². The molecule has 2 aromatic carbocycles. The van der Waals surface area contributed by atoms with Crippen LogP contribution in [-0.2, 0) is 22.6 Å². The normalized spacial score (nSPS) is 15.6. The van der Waals surface area contributed by atoms with Gasteiger partial charge >= 0.3 is 11.9 Å². The van der Waals surface area contributed by atoms with Gasteiger partial charge in [0.25, 0.3) is 0 Å². The molecule has 0 saturated heterocycles. The predicted molar refractivity (Wildman–Crippen MR) is 129 cm³/mol. The van der Waals surface area contributed by atoms with Gasteiger partial charge in [0, 0.05) is 40.1 Å². The summed E-state index contributed by atoms with van der Waals surface area (Å²) in [5, 5.41) is 14.7. The molecule has 2 heterocycles. The summed E-state index contributed by atoms with van der Waals surface area (Å²) in [6.45, 7) is 1.04. The highest BCUT2D eigenvalue weighted by atomic mass is 35.5. The monoisotopic (exact) mass is 466 g/mol. The van der Waals surface area contributed by atoms with Gasteiger partial charge in [-0.25, -0.2) is 4.79 Å². The number of ether oxygens (including phenoxy) is 1. The highest BCUT2D eigenvalue weighted by Gasteiger charge is 2.30. The molecule has 0 unspecified atom stereocenters. The van der Waals surface area contributed by atoms with Gasteiger partial charge in [0.05, 0.1) is 30.5 Å². The number of rotatable bonds is 6. The lowest BCUT2D eigenvalue weighted by Gasteiger charge is -2.29. The van der Waals surface area contributed by atoms with Crippen LogP contribution in [0.25, 0.3) is 22.2 Å². The number of esters is 1. The number of carbonyl (C=O) groups is 2. The average Bonchev–Trinajstić information content (AvgIpc) is 3.12. The maximum atomic E-state index is 12.3. The fraction of sp³-hybridized carbons (Fsp3) is 0.385. The molecule has 6 nitrogen and oxygen atoms in total. The number of nitrogens with one attached hydrogen (secondary N) is 1. The van der Waals surface area contributed by atoms with E-state index in [1.54, 1.807) is 0 Å². The number of carbonyl (C=O) groups excluding carboxylic acids is 1. The number of methoxy groups -OCH3 is 1. The molecule has 1 aliphatic carbocycles. The lowest BCUT2D eigenvalue weighted by Crippen LogP contribution is -2.17. The molecule has 0 amide bonds. The fourth-order valence-electron chi connectivity index (χ4n) is 5.42. The van der Waals surface area contributed by atoms with E-state index in [1.165, 1.54) is 31.9 Å². The van der Waals surface area contributed by atoms with Crippen LogP contribution in [0.15, 0.2) is 30.3 Å². The van der Waals surface area contributed by atoms with Crippen molar-refractivity contribution in [2.75, 3.05) is 12.4 Å². The van der Waals surface area contributed by atoms with Crippen molar-refractivity contribution < 1.29 is 19.4 Å². The number of hydrogen-bond donors (Lipinski definition) is 2. The predicted octanol–water partition coefficient (Wildman–Crippen LogP) is 6.20. The van der Waals surface area contributed by atoms with Gasteiger partial charge in [0.15, 0.2) is 0 Å². The Bertz CT molecular complexity index is 1260. The number of hydrogen-bond acceptors (Lipinski definition) is 4. The number of anilines is 1. The zero-order valence-electron chi connectivity index (χ0n) is 18.6. The van der Waals surface area contributed by atoms with Crippen LogP contribution in [-0.4, -0.2) is 28.7 Å². The molecule has 0 bridgehead atoms. The van der Waals surface area contributed by atoms with E-state index in [2.05, 4.69) is 9.88 Å². The Morgan fingerprint density at radius 3 is 2.64 bits per heavy atom. The van der Waals surface area contributed by atoms with E-state index in [1.807, 2.05) is 30.3 Å². The Morgan fingerprint density at radius 2 is 1.97 bits per heavy atom. The molecule has 7 heteroatoms. The first-order valence-corrected chi connectivity index (χ1v) is 11.9. The second-order valence-electron chi connectivity index (χ2n) is 8.92. The number of benzene rings is 2. The van der Waals surface area contributed by atoms with Gasteiger partial charge in [-0.3, -0.25) is 4.79 Å². The van der Waals surface area contributed by atoms with Gasteiger partial charge in [0.1, 0.15) is 0 Å². The van der Waals surface area contributed by atoms with E-state index in [0.29, 0.717) is 18.0 Å². The molecule has 0 spiro atoms. The molecule has 1 fully saturated rings. The van der Waals surface area contributed by atoms with Gasteiger partial charge in [-0.05, 0) is 48.6 Å². The van der Waals surface area contributed by atoms with Crippen LogP contribution in [0.1, 0.15) is 65.9 Å². The summed E-state index contributed by atoms with van der Waals surface area (Å²) in [6, 6.07) is 9.62. The fourth-order valence-corrected chi connectivity index (χ4v) is 5.64. The molecule has 1 aromatic heterocycles. The average molecular weight is 467 g/mol. The van der Waals surface area contributed by atoms with Gasteiger partial charge in [0.2, 0.25) is 0 Å². The van der Waals surface area contributed by atoms with Crippen molar-refractivity contribution in [2.24, 2.45) is 0 Å². The summed E-state index contributed by atoms with van der Waals surface area (Å²) in [6.07, 6.45) is 5.81. The molecule has 3 aromatic rings. The Labute approximate surface area is 197 Å². The third kappa shape index (κ3) is 3.76. The molecule has 1 aliphatic heterocycles. The molecule has 5 rings (SSSR count). The summed E-state index contributed by atoms with van der Waals surface area (Å²) in [5.74, 6) is -0.869. The topological polar surface area (TPSA) is 80.6 Å². The van der Waals surface area contributed by atoms with Crippen molar-refractivity contribution in [2.45, 2.75) is 57.5 Å². The number of aliphatic carboxylic acids is 1. The quantitative estimate of drug-likeness (QED) is 0.423. The summed E-state index contributed by atoms with van der Waals surface area (Å²) < 4.78 is 7.04. The second kappa shape index (κ2) is 8.75. The van der Waals surface area contributed by atoms with E-state index in [0.717, 1.165) is 57.8 Å². The first kappa shape index (κ1) is 21.8. The number of aromatic nitrogens is 1. The zero-order chi connectivity index (χ0) is 23.1. The smallest absolute Gasteiger partial charge is 0.337 e. The van der Waals surface area contributed by atoms with Crippen molar-refractivity contribution in [1.29, 1.82) is 0 Å². The van der Waals surface area contributed by atoms with Crippen molar-refractivity contribution in [3.05, 3.63) is 52.0 Å². The Morgan fingerprint density at radius 1 is 1.18 bits per heavy atom. The third-order valence-corrected chi connectivity index (χ3v) is 7.39. The molecule has 2 aliphatic rings. The second-order valence-corrected chi connectivity index (χ2v) is 9.33. The van der Waals surface area contributed by atoms with Crippen molar-refractivity contribution in [3.8, 4) is 11.3 Å². The van der Waals surface area contributed by atoms with E-state index in [4.69, 9.17) is 16.3 Å². The molecule has 0 radical (unpaired) electrons. The van der Waals surface area contributed by atoms with E-state index in [-0.39, 0.29) is 6.42 Å². The number of fused-ring (bicyclic) bond motifs is 2. The molecular formula is C26H27ClN2O4. The first-order chi connectivity index (χ1) is 16.0. The largest absolute Gasteiger partial charge is 0.481 e. The van der Waals surface area contributed by atoms with E-state index >= 15 is 0 Å². The van der Waals surface area contributed by atoms with Crippen LogP contribution in [0, 0.1) is 0 Å². The molecular weight excluding hydrogens is 440 g/mol. The van der Waals surface area contributed by atoms with Crippen LogP contribution >= 0.6 is 11.6 Å². The maximum absolute atomic E-state index is 12.3. The minimum Gasteiger partial charge on any atom is -0.481 e. The highest BCUT2D eigenvalue weighted by molar-refractivity contribution is 6.32. The van der Waals surface area contributed by atoms with Crippen LogP contribution < -0.4 is 5.32 Å². The first-order valence-electron chi connectivity index (χ1n) is 11.5.